The quantitative estimate of drug-likeness (QED) is 0.215. The molecule has 1 heterocycles. The zero-order valence-corrected chi connectivity index (χ0v) is 28.5. The molecule has 6 amide bonds. The number of nitrogens with zero attached hydrogens (tertiary/aromatic N) is 1. The number of nitrogens with two attached hydrogens (primary N) is 1. The van der Waals surface area contributed by atoms with E-state index in [4.69, 9.17) is 10.5 Å². The predicted molar refractivity (Wildman–Crippen MR) is 168 cm³/mol. The van der Waals surface area contributed by atoms with E-state index in [1.807, 2.05) is 55.4 Å². The zero-order valence-electron chi connectivity index (χ0n) is 28.5. The molecule has 6 N–H and O–H groups in total. The van der Waals surface area contributed by atoms with Crippen molar-refractivity contribution in [2.75, 3.05) is 13.1 Å². The standard InChI is InChI=1S/C32H54N6O7/c1-16(2)45-29(44)34-14-19(30(3,4)5)35-28(43)37-24(31(6,7)8)27(42)38-15-18-20(32(18,9)10)22(38)26(41)36-21(17-12-11-13-17)23(39)25(33)40/h16-22,24H,11-15H2,1-10H3,(H2,33,40)(H,34,44)(H,36,41)(H2,35,37,43)/t18-,19+,20-,21?,22-,24+/m0/s1. The summed E-state index contributed by atoms with van der Waals surface area (Å²) in [7, 11) is 0. The molecule has 0 aromatic heterocycles. The van der Waals surface area contributed by atoms with Crippen molar-refractivity contribution in [1.29, 1.82) is 0 Å². The van der Waals surface area contributed by atoms with Crippen molar-refractivity contribution < 1.29 is 33.5 Å². The third-order valence-electron chi connectivity index (χ3n) is 9.74. The third kappa shape index (κ3) is 8.26. The van der Waals surface area contributed by atoms with Crippen LogP contribution < -0.4 is 27.0 Å². The fourth-order valence-electron chi connectivity index (χ4n) is 6.54. The highest BCUT2D eigenvalue weighted by Gasteiger charge is 2.70. The number of carbonyl (C=O) groups excluding carboxylic acids is 6. The van der Waals surface area contributed by atoms with Gasteiger partial charge in [0.1, 0.15) is 18.1 Å². The van der Waals surface area contributed by atoms with Crippen LogP contribution in [0.5, 0.6) is 0 Å². The molecular weight excluding hydrogens is 580 g/mol. The maximum Gasteiger partial charge on any atom is 0.407 e. The van der Waals surface area contributed by atoms with Crippen LogP contribution in [0.4, 0.5) is 9.59 Å². The number of ether oxygens (including phenoxy) is 1. The van der Waals surface area contributed by atoms with Crippen LogP contribution in [0.15, 0.2) is 0 Å². The van der Waals surface area contributed by atoms with Crippen molar-refractivity contribution in [2.24, 2.45) is 39.7 Å². The number of amides is 6. The Labute approximate surface area is 266 Å². The first-order valence-electron chi connectivity index (χ1n) is 16.0. The number of hydrogen-bond acceptors (Lipinski definition) is 7. The minimum atomic E-state index is -1.10. The molecule has 254 valence electrons. The maximum absolute atomic E-state index is 14.2. The summed E-state index contributed by atoms with van der Waals surface area (Å²) in [4.78, 5) is 79.5. The van der Waals surface area contributed by atoms with E-state index in [-0.39, 0.29) is 35.8 Å². The first-order chi connectivity index (χ1) is 20.6. The SMILES string of the molecule is CC(C)OC(=O)NC[C@@H](NC(=O)N[C@H](C(=O)N1C[C@H]2[C@@H]([C@H]1C(=O)NC(C(=O)C(N)=O)C1CCC1)C2(C)C)C(C)(C)C)C(C)(C)C. The summed E-state index contributed by atoms with van der Waals surface area (Å²) in [5, 5.41) is 11.2. The number of piperidine rings is 1. The van der Waals surface area contributed by atoms with Crippen molar-refractivity contribution in [2.45, 2.75) is 119 Å². The Kier molecular flexibility index (Phi) is 10.6. The van der Waals surface area contributed by atoms with Gasteiger partial charge in [0.25, 0.3) is 5.91 Å². The van der Waals surface area contributed by atoms with E-state index in [9.17, 15) is 28.8 Å². The molecule has 0 radical (unpaired) electrons. The van der Waals surface area contributed by atoms with E-state index < -0.39 is 70.6 Å². The first kappa shape index (κ1) is 36.1. The Morgan fingerprint density at radius 1 is 0.933 bits per heavy atom. The average Bonchev–Trinajstić information content (AvgIpc) is 3.18. The Bertz CT molecular complexity index is 1180. The number of ketones is 1. The van der Waals surface area contributed by atoms with Crippen molar-refractivity contribution in [3.05, 3.63) is 0 Å². The lowest BCUT2D eigenvalue weighted by molar-refractivity contribution is -0.145. The van der Waals surface area contributed by atoms with Gasteiger partial charge in [-0.3, -0.25) is 19.2 Å². The number of carbonyl (C=O) groups is 6. The van der Waals surface area contributed by atoms with Gasteiger partial charge in [-0.2, -0.15) is 0 Å². The van der Waals surface area contributed by atoms with E-state index in [1.54, 1.807) is 13.8 Å². The number of hydrogen-bond donors (Lipinski definition) is 5. The fourth-order valence-corrected chi connectivity index (χ4v) is 6.54. The summed E-state index contributed by atoms with van der Waals surface area (Å²) in [5.41, 5.74) is 3.94. The van der Waals surface area contributed by atoms with Gasteiger partial charge in [0.15, 0.2) is 0 Å². The summed E-state index contributed by atoms with van der Waals surface area (Å²) >= 11 is 0. The molecular formula is C32H54N6O7. The Balaban J connectivity index is 1.79. The van der Waals surface area contributed by atoms with Gasteiger partial charge in [-0.05, 0) is 60.7 Å². The second kappa shape index (κ2) is 13.2. The van der Waals surface area contributed by atoms with Crippen LogP contribution in [0.2, 0.25) is 0 Å². The van der Waals surface area contributed by atoms with Gasteiger partial charge in [0.05, 0.1) is 12.1 Å². The van der Waals surface area contributed by atoms with Gasteiger partial charge in [-0.15, -0.1) is 0 Å². The van der Waals surface area contributed by atoms with Gasteiger partial charge in [-0.25, -0.2) is 9.59 Å². The molecule has 0 spiro atoms. The van der Waals surface area contributed by atoms with Crippen LogP contribution in [0.1, 0.15) is 88.5 Å². The number of urea groups is 1. The van der Waals surface area contributed by atoms with Gasteiger partial charge in [0.2, 0.25) is 17.6 Å². The van der Waals surface area contributed by atoms with E-state index in [0.29, 0.717) is 19.4 Å². The van der Waals surface area contributed by atoms with Crippen LogP contribution in [-0.2, 0) is 23.9 Å². The van der Waals surface area contributed by atoms with E-state index in [0.717, 1.165) is 6.42 Å². The number of rotatable bonds is 11. The maximum atomic E-state index is 14.2. The van der Waals surface area contributed by atoms with Crippen LogP contribution in [0, 0.1) is 34.0 Å². The highest BCUT2D eigenvalue weighted by atomic mass is 16.6. The van der Waals surface area contributed by atoms with Crippen LogP contribution >= 0.6 is 0 Å². The number of alkyl carbamates (subject to hydrolysis) is 1. The van der Waals surface area contributed by atoms with Crippen LogP contribution in [-0.4, -0.2) is 83.9 Å². The Morgan fingerprint density at radius 3 is 2.00 bits per heavy atom. The third-order valence-corrected chi connectivity index (χ3v) is 9.74. The van der Waals surface area contributed by atoms with E-state index >= 15 is 0 Å². The van der Waals surface area contributed by atoms with Gasteiger partial charge in [0, 0.05) is 13.1 Å². The molecule has 2 aliphatic carbocycles. The predicted octanol–water partition coefficient (Wildman–Crippen LogP) is 2.07. The van der Waals surface area contributed by atoms with Gasteiger partial charge in [-0.1, -0.05) is 61.8 Å². The minimum Gasteiger partial charge on any atom is -0.447 e. The highest BCUT2D eigenvalue weighted by Crippen LogP contribution is 2.65. The second-order valence-corrected chi connectivity index (χ2v) is 16.0. The number of fused-ring (bicyclic) bond motifs is 1. The lowest BCUT2D eigenvalue weighted by atomic mass is 9.78. The molecule has 1 saturated heterocycles. The monoisotopic (exact) mass is 634 g/mol. The molecule has 0 aromatic carbocycles. The van der Waals surface area contributed by atoms with Crippen molar-refractivity contribution in [3.63, 3.8) is 0 Å². The van der Waals surface area contributed by atoms with Gasteiger partial charge < -0.3 is 36.6 Å². The Morgan fingerprint density at radius 2 is 1.53 bits per heavy atom. The molecule has 3 fully saturated rings. The summed E-state index contributed by atoms with van der Waals surface area (Å²) in [6, 6.07) is -3.98. The number of nitrogens with one attached hydrogen (secondary N) is 4. The molecule has 3 rings (SSSR count). The summed E-state index contributed by atoms with van der Waals surface area (Å²) in [6.07, 6.45) is 1.40. The topological polar surface area (TPSA) is 189 Å². The summed E-state index contributed by atoms with van der Waals surface area (Å²) in [5.74, 6) is -3.06. The molecule has 0 bridgehead atoms. The second-order valence-electron chi connectivity index (χ2n) is 16.0. The fraction of sp³-hybridized carbons (Fsp3) is 0.812. The molecule has 13 nitrogen and oxygen atoms in total. The number of primary amides is 1. The normalized spacial score (nSPS) is 24.3. The molecule has 6 atom stereocenters. The lowest BCUT2D eigenvalue weighted by Crippen LogP contribution is -2.63. The zero-order chi connectivity index (χ0) is 34.2. The van der Waals surface area contributed by atoms with Crippen molar-refractivity contribution in [3.8, 4) is 0 Å². The molecule has 13 heteroatoms. The molecule has 0 aromatic rings. The molecule has 1 unspecified atom stereocenters. The number of Topliss-reactive ketones (excluding diaryl/α,β-unsaturated/α-hetero) is 1. The van der Waals surface area contributed by atoms with E-state index in [2.05, 4.69) is 21.3 Å². The average molecular weight is 635 g/mol. The Hall–Kier alpha value is -3.38. The summed E-state index contributed by atoms with van der Waals surface area (Å²) < 4.78 is 5.14. The lowest BCUT2D eigenvalue weighted by Gasteiger charge is -2.39. The molecule has 3 aliphatic rings. The van der Waals surface area contributed by atoms with E-state index in [1.165, 1.54) is 4.90 Å². The van der Waals surface area contributed by atoms with Crippen LogP contribution in [0.25, 0.3) is 0 Å². The molecule has 1 aliphatic heterocycles. The first-order valence-corrected chi connectivity index (χ1v) is 16.0. The van der Waals surface area contributed by atoms with Crippen molar-refractivity contribution >= 4 is 35.6 Å². The van der Waals surface area contributed by atoms with Crippen molar-refractivity contribution in [1.82, 2.24) is 26.2 Å². The molecule has 2 saturated carbocycles. The smallest absolute Gasteiger partial charge is 0.407 e. The minimum absolute atomic E-state index is 0.0718. The molecule has 45 heavy (non-hydrogen) atoms. The highest BCUT2D eigenvalue weighted by molar-refractivity contribution is 6.38. The number of likely N-dealkylation sites (tertiary alicyclic amines) is 1. The van der Waals surface area contributed by atoms with Gasteiger partial charge >= 0.3 is 12.1 Å². The largest absolute Gasteiger partial charge is 0.447 e. The van der Waals surface area contributed by atoms with Crippen LogP contribution in [0.3, 0.4) is 0 Å². The summed E-state index contributed by atoms with van der Waals surface area (Å²) in [6.45, 7) is 19.2.